The van der Waals surface area contributed by atoms with Crippen molar-refractivity contribution in [3.63, 3.8) is 0 Å². The lowest BCUT2D eigenvalue weighted by Gasteiger charge is -2.60. The van der Waals surface area contributed by atoms with E-state index in [-0.39, 0.29) is 11.3 Å². The predicted molar refractivity (Wildman–Crippen MR) is 140 cm³/mol. The van der Waals surface area contributed by atoms with E-state index in [1.165, 1.54) is 0 Å². The third-order valence-corrected chi connectivity index (χ3v) is 8.60. The molecule has 10 nitrogen and oxygen atoms in total. The van der Waals surface area contributed by atoms with Gasteiger partial charge in [-0.2, -0.15) is 0 Å². The van der Waals surface area contributed by atoms with E-state index in [4.69, 9.17) is 11.6 Å². The maximum absolute atomic E-state index is 13.2. The monoisotopic (exact) mass is 519 g/mol. The highest BCUT2D eigenvalue weighted by Gasteiger charge is 2.57. The number of carbonyl (C=O) groups excluding carboxylic acids is 1. The van der Waals surface area contributed by atoms with Crippen molar-refractivity contribution in [1.29, 1.82) is 0 Å². The second-order valence-electron chi connectivity index (χ2n) is 11.3. The van der Waals surface area contributed by atoms with Gasteiger partial charge < -0.3 is 14.7 Å². The van der Waals surface area contributed by atoms with Crippen LogP contribution < -0.4 is 9.80 Å². The molecule has 3 fully saturated rings. The van der Waals surface area contributed by atoms with Gasteiger partial charge in [-0.1, -0.05) is 11.6 Å². The lowest BCUT2D eigenvalue weighted by molar-refractivity contribution is -0.136. The lowest BCUT2D eigenvalue weighted by atomic mass is 9.73. The van der Waals surface area contributed by atoms with Crippen molar-refractivity contribution in [2.45, 2.75) is 38.4 Å². The van der Waals surface area contributed by atoms with E-state index in [2.05, 4.69) is 45.5 Å². The molecule has 192 valence electrons. The molecule has 2 saturated heterocycles. The number of hydrogen-bond acceptors (Lipinski definition) is 8. The summed E-state index contributed by atoms with van der Waals surface area (Å²) in [7, 11) is 3.66. The molecule has 0 atom stereocenters. The zero-order valence-corrected chi connectivity index (χ0v) is 22.1. The van der Waals surface area contributed by atoms with Gasteiger partial charge in [0.15, 0.2) is 5.82 Å². The van der Waals surface area contributed by atoms with E-state index < -0.39 is 5.54 Å². The van der Waals surface area contributed by atoms with Gasteiger partial charge in [-0.15, -0.1) is 10.2 Å². The maximum atomic E-state index is 13.2. The van der Waals surface area contributed by atoms with Crippen molar-refractivity contribution >= 4 is 29.3 Å². The molecule has 1 aliphatic carbocycles. The molecule has 2 aromatic heterocycles. The average Bonchev–Trinajstić information content (AvgIpc) is 3.56. The Kier molecular flexibility index (Phi) is 4.88. The van der Waals surface area contributed by atoms with E-state index >= 15 is 0 Å². The highest BCUT2D eigenvalue weighted by molar-refractivity contribution is 6.30. The third-order valence-electron chi connectivity index (χ3n) is 8.36. The molecule has 7 rings (SSSR count). The van der Waals surface area contributed by atoms with Crippen LogP contribution in [-0.4, -0.2) is 86.3 Å². The van der Waals surface area contributed by atoms with Crippen LogP contribution >= 0.6 is 11.6 Å². The molecule has 5 heterocycles. The van der Waals surface area contributed by atoms with Gasteiger partial charge in [0.2, 0.25) is 11.9 Å². The van der Waals surface area contributed by atoms with Gasteiger partial charge in [0.05, 0.1) is 17.9 Å². The van der Waals surface area contributed by atoms with E-state index in [0.717, 1.165) is 73.6 Å². The van der Waals surface area contributed by atoms with Crippen LogP contribution in [0.4, 0.5) is 11.8 Å². The average molecular weight is 520 g/mol. The number of hydrogen-bond donors (Lipinski definition) is 0. The summed E-state index contributed by atoms with van der Waals surface area (Å²) in [6.07, 6.45) is 5.22. The van der Waals surface area contributed by atoms with Crippen LogP contribution in [-0.2, 0) is 17.9 Å². The van der Waals surface area contributed by atoms with E-state index in [9.17, 15) is 4.79 Å². The summed E-state index contributed by atoms with van der Waals surface area (Å²) in [6.45, 7) is 7.02. The number of anilines is 2. The Morgan fingerprint density at radius 1 is 1.00 bits per heavy atom. The fraction of sp³-hybridized carbons (Fsp3) is 0.500. The standard InChI is InChI=1S/C26H30ClN9O/c1-17-22(29-9-8-28-17)33-13-25(14-33)15-34(16-25)24-31-30-21-12-35(26(6-7-26)23(37)32(2)3)11-18-10-19(27)4-5-20(18)36(21)24/h4-5,8-10H,6-7,11-16H2,1-3H3. The molecule has 1 amide bonds. The number of benzene rings is 1. The minimum absolute atomic E-state index is 0.154. The molecule has 0 unspecified atom stereocenters. The number of amides is 1. The molecule has 0 N–H and O–H groups in total. The van der Waals surface area contributed by atoms with Crippen LogP contribution in [0.3, 0.4) is 0 Å². The number of halogens is 1. The van der Waals surface area contributed by atoms with Gasteiger partial charge in [-0.05, 0) is 43.5 Å². The van der Waals surface area contributed by atoms with Gasteiger partial charge in [-0.25, -0.2) is 4.98 Å². The molecule has 0 radical (unpaired) electrons. The lowest BCUT2D eigenvalue weighted by Crippen LogP contribution is -2.73. The van der Waals surface area contributed by atoms with Crippen molar-refractivity contribution in [2.75, 3.05) is 50.1 Å². The topological polar surface area (TPSA) is 86.5 Å². The maximum Gasteiger partial charge on any atom is 0.242 e. The molecular formula is C26H30ClN9O. The fourth-order valence-corrected chi connectivity index (χ4v) is 6.62. The zero-order valence-electron chi connectivity index (χ0n) is 21.4. The largest absolute Gasteiger partial charge is 0.354 e. The normalized spacial score (nSPS) is 21.0. The number of aromatic nitrogens is 5. The van der Waals surface area contributed by atoms with E-state index in [1.807, 2.05) is 33.2 Å². The zero-order chi connectivity index (χ0) is 25.5. The summed E-state index contributed by atoms with van der Waals surface area (Å²) >= 11 is 6.44. The number of fused-ring (bicyclic) bond motifs is 3. The van der Waals surface area contributed by atoms with Crippen LogP contribution in [0.2, 0.25) is 5.02 Å². The summed E-state index contributed by atoms with van der Waals surface area (Å²) in [5, 5.41) is 10.0. The molecule has 0 bridgehead atoms. The van der Waals surface area contributed by atoms with Gasteiger partial charge in [-0.3, -0.25) is 19.2 Å². The quantitative estimate of drug-likeness (QED) is 0.519. The predicted octanol–water partition coefficient (Wildman–Crippen LogP) is 2.28. The summed E-state index contributed by atoms with van der Waals surface area (Å²) in [4.78, 5) is 30.7. The van der Waals surface area contributed by atoms with Crippen LogP contribution in [0.15, 0.2) is 30.6 Å². The first-order chi connectivity index (χ1) is 17.8. The second-order valence-corrected chi connectivity index (χ2v) is 11.7. The van der Waals surface area contributed by atoms with Crippen LogP contribution in [0.1, 0.15) is 29.9 Å². The molecule has 1 aromatic carbocycles. The minimum atomic E-state index is -0.473. The number of nitrogens with zero attached hydrogens (tertiary/aromatic N) is 9. The molecular weight excluding hydrogens is 490 g/mol. The van der Waals surface area contributed by atoms with Crippen molar-refractivity contribution in [1.82, 2.24) is 34.5 Å². The van der Waals surface area contributed by atoms with Crippen molar-refractivity contribution in [3.8, 4) is 5.69 Å². The van der Waals surface area contributed by atoms with Crippen LogP contribution in [0.5, 0.6) is 0 Å². The summed E-state index contributed by atoms with van der Waals surface area (Å²) in [5.41, 5.74) is 2.87. The molecule has 4 aliphatic rings. The van der Waals surface area contributed by atoms with Crippen LogP contribution in [0, 0.1) is 12.3 Å². The molecule has 3 aromatic rings. The first kappa shape index (κ1) is 22.9. The Labute approximate surface area is 220 Å². The Bertz CT molecular complexity index is 1400. The van der Waals surface area contributed by atoms with Crippen molar-refractivity contribution in [3.05, 3.63) is 52.7 Å². The molecule has 1 saturated carbocycles. The number of carbonyl (C=O) groups is 1. The van der Waals surface area contributed by atoms with Gasteiger partial charge in [0.1, 0.15) is 11.4 Å². The fourth-order valence-electron chi connectivity index (χ4n) is 6.42. The number of likely N-dealkylation sites (N-methyl/N-ethyl adjacent to an activating group) is 1. The van der Waals surface area contributed by atoms with E-state index in [1.54, 1.807) is 17.3 Å². The Morgan fingerprint density at radius 3 is 2.43 bits per heavy atom. The Morgan fingerprint density at radius 2 is 1.73 bits per heavy atom. The van der Waals surface area contributed by atoms with Crippen molar-refractivity contribution < 1.29 is 4.79 Å². The summed E-state index contributed by atoms with van der Waals surface area (Å²) in [6, 6.07) is 6.00. The smallest absolute Gasteiger partial charge is 0.242 e. The van der Waals surface area contributed by atoms with Crippen LogP contribution in [0.25, 0.3) is 5.69 Å². The summed E-state index contributed by atoms with van der Waals surface area (Å²) in [5.74, 6) is 2.86. The van der Waals surface area contributed by atoms with E-state index in [0.29, 0.717) is 18.1 Å². The Balaban J connectivity index is 1.17. The minimum Gasteiger partial charge on any atom is -0.354 e. The number of aryl methyl sites for hydroxylation is 1. The van der Waals surface area contributed by atoms with Gasteiger partial charge in [0.25, 0.3) is 0 Å². The molecule has 37 heavy (non-hydrogen) atoms. The Hall–Kier alpha value is -3.24. The third kappa shape index (κ3) is 3.45. The first-order valence-electron chi connectivity index (χ1n) is 12.8. The van der Waals surface area contributed by atoms with Gasteiger partial charge >= 0.3 is 0 Å². The molecule has 11 heteroatoms. The van der Waals surface area contributed by atoms with Gasteiger partial charge in [0, 0.05) is 69.7 Å². The number of rotatable bonds is 4. The highest BCUT2D eigenvalue weighted by atomic mass is 35.5. The van der Waals surface area contributed by atoms with Crippen molar-refractivity contribution in [2.24, 2.45) is 5.41 Å². The highest BCUT2D eigenvalue weighted by Crippen LogP contribution is 2.48. The first-order valence-corrected chi connectivity index (χ1v) is 13.1. The SMILES string of the molecule is Cc1nccnc1N1CC2(C1)CN(c1nnc3n1-c1ccc(Cl)cc1CN(C1(C(=O)N(C)C)CC1)C3)C2. The molecule has 3 aliphatic heterocycles. The molecule has 1 spiro atoms. The summed E-state index contributed by atoms with van der Waals surface area (Å²) < 4.78 is 2.18. The second kappa shape index (κ2) is 7.88.